The number of anilines is 1. The average Bonchev–Trinajstić information content (AvgIpc) is 2.95. The first kappa shape index (κ1) is 12.8. The third kappa shape index (κ3) is 2.19. The highest BCUT2D eigenvalue weighted by Gasteiger charge is 2.27. The van der Waals surface area contributed by atoms with Crippen molar-refractivity contribution in [2.24, 2.45) is 11.7 Å². The second-order valence-electron chi connectivity index (χ2n) is 5.23. The molecule has 2 aromatic rings. The summed E-state index contributed by atoms with van der Waals surface area (Å²) in [6.07, 6.45) is 3.41. The van der Waals surface area contributed by atoms with Gasteiger partial charge in [-0.15, -0.1) is 10.2 Å². The number of nitriles is 1. The Bertz CT molecular complexity index is 661. The van der Waals surface area contributed by atoms with Crippen LogP contribution in [0.3, 0.4) is 0 Å². The molecule has 1 aliphatic carbocycles. The van der Waals surface area contributed by atoms with Crippen LogP contribution < -0.4 is 11.1 Å². The molecule has 1 aliphatic rings. The van der Waals surface area contributed by atoms with Gasteiger partial charge in [-0.2, -0.15) is 5.26 Å². The molecule has 5 nitrogen and oxygen atoms in total. The molecule has 2 atom stereocenters. The van der Waals surface area contributed by atoms with E-state index in [0.29, 0.717) is 24.2 Å². The van der Waals surface area contributed by atoms with Crippen molar-refractivity contribution in [3.05, 3.63) is 30.0 Å². The summed E-state index contributed by atoms with van der Waals surface area (Å²) in [7, 11) is 0. The van der Waals surface area contributed by atoms with Gasteiger partial charge in [-0.3, -0.25) is 0 Å². The van der Waals surface area contributed by atoms with E-state index in [9.17, 15) is 5.26 Å². The molecule has 0 aliphatic heterocycles. The lowest BCUT2D eigenvalue weighted by Crippen LogP contribution is -2.30. The van der Waals surface area contributed by atoms with E-state index in [1.807, 2.05) is 24.3 Å². The summed E-state index contributed by atoms with van der Waals surface area (Å²) >= 11 is 0. The zero-order valence-electron chi connectivity index (χ0n) is 11.2. The number of hydrogen-bond donors (Lipinski definition) is 2. The van der Waals surface area contributed by atoms with E-state index in [2.05, 4.69) is 21.6 Å². The molecule has 3 rings (SSSR count). The number of hydrogen-bond acceptors (Lipinski definition) is 5. The first-order valence-electron chi connectivity index (χ1n) is 6.95. The molecule has 3 N–H and O–H groups in total. The van der Waals surface area contributed by atoms with E-state index < -0.39 is 0 Å². The quantitative estimate of drug-likeness (QED) is 0.888. The summed E-state index contributed by atoms with van der Waals surface area (Å²) in [5.41, 5.74) is 7.78. The molecule has 20 heavy (non-hydrogen) atoms. The number of fused-ring (bicyclic) bond motifs is 1. The van der Waals surface area contributed by atoms with Gasteiger partial charge in [-0.1, -0.05) is 24.6 Å². The summed E-state index contributed by atoms with van der Waals surface area (Å²) in [6, 6.07) is 10.2. The number of nitrogens with one attached hydrogen (secondary N) is 1. The van der Waals surface area contributed by atoms with E-state index in [1.165, 1.54) is 6.42 Å². The zero-order chi connectivity index (χ0) is 13.9. The summed E-state index contributed by atoms with van der Waals surface area (Å²) in [5.74, 6) is 0.466. The maximum Gasteiger partial charge on any atom is 0.186 e. The van der Waals surface area contributed by atoms with Crippen LogP contribution in [0.1, 0.15) is 25.0 Å². The average molecular weight is 267 g/mol. The highest BCUT2D eigenvalue weighted by Crippen LogP contribution is 2.31. The lowest BCUT2D eigenvalue weighted by molar-refractivity contribution is 0.516. The van der Waals surface area contributed by atoms with Crippen LogP contribution in [0.25, 0.3) is 10.9 Å². The Kier molecular flexibility index (Phi) is 3.48. The molecule has 5 heteroatoms. The number of nitrogens with two attached hydrogens (primary N) is 1. The fourth-order valence-corrected chi connectivity index (χ4v) is 2.97. The third-order valence-electron chi connectivity index (χ3n) is 4.07. The summed E-state index contributed by atoms with van der Waals surface area (Å²) in [4.78, 5) is 0. The van der Waals surface area contributed by atoms with Crippen molar-refractivity contribution in [1.29, 1.82) is 5.26 Å². The van der Waals surface area contributed by atoms with Gasteiger partial charge < -0.3 is 11.1 Å². The van der Waals surface area contributed by atoms with Crippen molar-refractivity contribution in [3.8, 4) is 6.07 Å². The van der Waals surface area contributed by atoms with Crippen LogP contribution in [0.15, 0.2) is 24.3 Å². The molecule has 0 spiro atoms. The van der Waals surface area contributed by atoms with Gasteiger partial charge in [0.05, 0.1) is 11.2 Å². The van der Waals surface area contributed by atoms with Gasteiger partial charge in [-0.25, -0.2) is 0 Å². The van der Waals surface area contributed by atoms with Gasteiger partial charge in [0.1, 0.15) is 6.07 Å². The minimum atomic E-state index is 0.319. The van der Waals surface area contributed by atoms with Crippen molar-refractivity contribution < 1.29 is 0 Å². The van der Waals surface area contributed by atoms with Gasteiger partial charge in [-0.05, 0) is 31.4 Å². The van der Waals surface area contributed by atoms with E-state index >= 15 is 0 Å². The highest BCUT2D eigenvalue weighted by molar-refractivity contribution is 5.92. The van der Waals surface area contributed by atoms with Gasteiger partial charge >= 0.3 is 0 Å². The van der Waals surface area contributed by atoms with Crippen LogP contribution in [-0.2, 0) is 0 Å². The van der Waals surface area contributed by atoms with E-state index in [1.54, 1.807) is 0 Å². The van der Waals surface area contributed by atoms with Crippen LogP contribution in [0, 0.1) is 17.2 Å². The summed E-state index contributed by atoms with van der Waals surface area (Å²) in [5, 5.41) is 21.8. The maximum absolute atomic E-state index is 9.26. The van der Waals surface area contributed by atoms with Crippen LogP contribution in [-0.4, -0.2) is 22.8 Å². The van der Waals surface area contributed by atoms with Crippen molar-refractivity contribution in [1.82, 2.24) is 10.2 Å². The Morgan fingerprint density at radius 2 is 2.15 bits per heavy atom. The van der Waals surface area contributed by atoms with E-state index in [4.69, 9.17) is 5.73 Å². The molecule has 2 unspecified atom stereocenters. The molecule has 0 bridgehead atoms. The summed E-state index contributed by atoms with van der Waals surface area (Å²) < 4.78 is 0. The minimum Gasteiger partial charge on any atom is -0.379 e. The monoisotopic (exact) mass is 267 g/mol. The maximum atomic E-state index is 9.26. The standard InChI is InChI=1S/C15H17N5/c16-8-10-4-3-7-12(10)18-15-11-5-1-2-6-13(11)19-20-14(15)9-17/h1-2,5-6,10,12H,3-4,7-8,16H2,(H,18,19). The predicted octanol–water partition coefficient (Wildman–Crippen LogP) is 2.04. The Labute approximate surface area is 117 Å². The molecular formula is C15H17N5. The second-order valence-corrected chi connectivity index (χ2v) is 5.23. The first-order valence-corrected chi connectivity index (χ1v) is 6.95. The molecule has 102 valence electrons. The molecule has 0 saturated heterocycles. The van der Waals surface area contributed by atoms with E-state index in [-0.39, 0.29) is 0 Å². The zero-order valence-corrected chi connectivity index (χ0v) is 11.2. The number of benzene rings is 1. The number of rotatable bonds is 3. The Morgan fingerprint density at radius 1 is 1.30 bits per heavy atom. The van der Waals surface area contributed by atoms with Crippen LogP contribution >= 0.6 is 0 Å². The minimum absolute atomic E-state index is 0.319. The normalized spacial score (nSPS) is 21.8. The van der Waals surface area contributed by atoms with Gasteiger partial charge in [0.25, 0.3) is 0 Å². The topological polar surface area (TPSA) is 87.6 Å². The second kappa shape index (κ2) is 5.43. The molecule has 1 heterocycles. The van der Waals surface area contributed by atoms with Gasteiger partial charge in [0, 0.05) is 11.4 Å². The Morgan fingerprint density at radius 3 is 2.95 bits per heavy atom. The first-order chi connectivity index (χ1) is 9.83. The molecule has 1 fully saturated rings. The van der Waals surface area contributed by atoms with E-state index in [0.717, 1.165) is 29.4 Å². The molecule has 0 radical (unpaired) electrons. The van der Waals surface area contributed by atoms with Gasteiger partial charge in [0.15, 0.2) is 5.69 Å². The largest absolute Gasteiger partial charge is 0.379 e. The number of nitrogens with zero attached hydrogens (tertiary/aromatic N) is 3. The predicted molar refractivity (Wildman–Crippen MR) is 78.1 cm³/mol. The lowest BCUT2D eigenvalue weighted by Gasteiger charge is -2.21. The molecule has 0 amide bonds. The van der Waals surface area contributed by atoms with Crippen LogP contribution in [0.2, 0.25) is 0 Å². The Balaban J connectivity index is 2.03. The van der Waals surface area contributed by atoms with Crippen molar-refractivity contribution >= 4 is 16.6 Å². The SMILES string of the molecule is N#Cc1nnc2ccccc2c1NC1CCCC1CN. The van der Waals surface area contributed by atoms with Crippen LogP contribution in [0.4, 0.5) is 5.69 Å². The van der Waals surface area contributed by atoms with Gasteiger partial charge in [0.2, 0.25) is 0 Å². The summed E-state index contributed by atoms with van der Waals surface area (Å²) in [6.45, 7) is 0.677. The number of aromatic nitrogens is 2. The van der Waals surface area contributed by atoms with Crippen molar-refractivity contribution in [3.63, 3.8) is 0 Å². The van der Waals surface area contributed by atoms with Crippen LogP contribution in [0.5, 0.6) is 0 Å². The van der Waals surface area contributed by atoms with Crippen molar-refractivity contribution in [2.75, 3.05) is 11.9 Å². The molecule has 1 aromatic carbocycles. The highest BCUT2D eigenvalue weighted by atomic mass is 15.1. The third-order valence-corrected chi connectivity index (χ3v) is 4.07. The fourth-order valence-electron chi connectivity index (χ4n) is 2.97. The Hall–Kier alpha value is -2.19. The lowest BCUT2D eigenvalue weighted by atomic mass is 10.0. The fraction of sp³-hybridized carbons (Fsp3) is 0.400. The van der Waals surface area contributed by atoms with Crippen molar-refractivity contribution in [2.45, 2.75) is 25.3 Å². The molecular weight excluding hydrogens is 250 g/mol. The smallest absolute Gasteiger partial charge is 0.186 e. The molecule has 1 aromatic heterocycles. The molecule has 1 saturated carbocycles.